The lowest BCUT2D eigenvalue weighted by Crippen LogP contribution is -2.33. The molecule has 1 aliphatic heterocycles. The minimum Gasteiger partial charge on any atom is -0.497 e. The van der Waals surface area contributed by atoms with Crippen molar-refractivity contribution in [2.45, 2.75) is 39.4 Å². The maximum Gasteiger partial charge on any atom is 0.232 e. The van der Waals surface area contributed by atoms with Crippen LogP contribution < -0.4 is 19.1 Å². The van der Waals surface area contributed by atoms with Gasteiger partial charge < -0.3 is 14.8 Å². The molecule has 0 bridgehead atoms. The average molecular weight is 645 g/mol. The molecule has 5 aromatic rings. The topological polar surface area (TPSA) is 111 Å². The summed E-state index contributed by atoms with van der Waals surface area (Å²) in [7, 11) is -2.18. The summed E-state index contributed by atoms with van der Waals surface area (Å²) in [6.45, 7) is 6.40. The molecule has 1 aliphatic rings. The number of sulfonamides is 1. The number of hydrogen-bond donors (Lipinski definition) is 1. The van der Waals surface area contributed by atoms with Crippen molar-refractivity contribution in [1.82, 2.24) is 20.0 Å². The van der Waals surface area contributed by atoms with Crippen molar-refractivity contribution < 1.29 is 17.9 Å². The van der Waals surface area contributed by atoms with Crippen LogP contribution >= 0.6 is 11.6 Å². The molecule has 12 heteroatoms. The Morgan fingerprint density at radius 1 is 1.04 bits per heavy atom. The molecule has 10 nitrogen and oxygen atoms in total. The van der Waals surface area contributed by atoms with Gasteiger partial charge in [0.05, 0.1) is 49.4 Å². The van der Waals surface area contributed by atoms with Crippen molar-refractivity contribution >= 4 is 49.5 Å². The molecule has 3 aromatic carbocycles. The molecule has 0 fully saturated rings. The van der Waals surface area contributed by atoms with Crippen molar-refractivity contribution in [2.75, 3.05) is 23.0 Å². The van der Waals surface area contributed by atoms with E-state index >= 15 is 0 Å². The number of halogens is 1. The molecule has 0 unspecified atom stereocenters. The van der Waals surface area contributed by atoms with Gasteiger partial charge in [-0.1, -0.05) is 41.1 Å². The van der Waals surface area contributed by atoms with Crippen LogP contribution in [0.3, 0.4) is 0 Å². The molecule has 0 saturated heterocycles. The number of ether oxygens (including phenoxy) is 2. The number of anilines is 2. The lowest BCUT2D eigenvalue weighted by Gasteiger charge is -2.33. The Kier molecular flexibility index (Phi) is 7.92. The second-order valence-electron chi connectivity index (χ2n) is 11.6. The summed E-state index contributed by atoms with van der Waals surface area (Å²) < 4.78 is 41.3. The van der Waals surface area contributed by atoms with Crippen LogP contribution in [0.25, 0.3) is 16.5 Å². The number of aromatic nitrogens is 4. The highest BCUT2D eigenvalue weighted by atomic mass is 35.5. The minimum absolute atomic E-state index is 0.0641. The summed E-state index contributed by atoms with van der Waals surface area (Å²) >= 11 is 6.51. The molecule has 1 N–H and O–H groups in total. The van der Waals surface area contributed by atoms with Crippen LogP contribution in [-0.2, 0) is 23.1 Å². The summed E-state index contributed by atoms with van der Waals surface area (Å²) in [6.07, 6.45) is 4.99. The number of methoxy groups -OCH3 is 1. The average Bonchev–Trinajstić information content (AvgIpc) is 3.42. The van der Waals surface area contributed by atoms with Crippen LogP contribution in [0, 0.1) is 0 Å². The molecule has 0 saturated carbocycles. The number of pyridine rings is 1. The van der Waals surface area contributed by atoms with Gasteiger partial charge in [0.15, 0.2) is 5.75 Å². The molecule has 3 heterocycles. The van der Waals surface area contributed by atoms with Gasteiger partial charge in [-0.05, 0) is 68.8 Å². The van der Waals surface area contributed by atoms with Crippen molar-refractivity contribution in [3.05, 3.63) is 101 Å². The van der Waals surface area contributed by atoms with Gasteiger partial charge >= 0.3 is 0 Å². The van der Waals surface area contributed by atoms with Crippen LogP contribution in [0.2, 0.25) is 5.15 Å². The summed E-state index contributed by atoms with van der Waals surface area (Å²) in [5.41, 5.74) is 4.80. The van der Waals surface area contributed by atoms with Crippen LogP contribution in [0.5, 0.6) is 17.2 Å². The lowest BCUT2D eigenvalue weighted by atomic mass is 9.91. The Balaban J connectivity index is 1.35. The van der Waals surface area contributed by atoms with E-state index in [2.05, 4.69) is 40.5 Å². The van der Waals surface area contributed by atoms with E-state index in [0.717, 1.165) is 33.3 Å². The van der Waals surface area contributed by atoms with E-state index in [1.807, 2.05) is 73.7 Å². The van der Waals surface area contributed by atoms with Crippen LogP contribution in [-0.4, -0.2) is 47.3 Å². The van der Waals surface area contributed by atoms with Gasteiger partial charge in [-0.15, -0.1) is 5.10 Å². The first-order valence-electron chi connectivity index (χ1n) is 14.3. The molecular weight excluding hydrogens is 612 g/mol. The third-order valence-electron chi connectivity index (χ3n) is 7.47. The minimum atomic E-state index is -3.79. The van der Waals surface area contributed by atoms with Crippen LogP contribution in [0.15, 0.2) is 79.0 Å². The first-order chi connectivity index (χ1) is 21.4. The molecule has 0 radical (unpaired) electrons. The van der Waals surface area contributed by atoms with Crippen molar-refractivity contribution in [1.29, 1.82) is 0 Å². The first-order valence-corrected chi connectivity index (χ1v) is 16.5. The van der Waals surface area contributed by atoms with E-state index in [0.29, 0.717) is 33.8 Å². The molecular formula is C33H33ClN6O4S. The number of fused-ring (bicyclic) bond motifs is 2. The monoisotopic (exact) mass is 644 g/mol. The van der Waals surface area contributed by atoms with Crippen molar-refractivity contribution in [2.24, 2.45) is 0 Å². The quantitative estimate of drug-likeness (QED) is 0.173. The highest BCUT2D eigenvalue weighted by molar-refractivity contribution is 7.92. The molecule has 0 amide bonds. The fraction of sp³-hybridized carbons (Fsp3) is 0.242. The number of hydrogen-bond acceptors (Lipinski definition) is 8. The number of nitrogens with zero attached hydrogens (tertiary/aromatic N) is 5. The Morgan fingerprint density at radius 2 is 1.82 bits per heavy atom. The van der Waals surface area contributed by atoms with Gasteiger partial charge in [-0.25, -0.2) is 18.1 Å². The Hall–Kier alpha value is -4.61. The summed E-state index contributed by atoms with van der Waals surface area (Å²) in [5, 5.41) is 13.3. The zero-order chi connectivity index (χ0) is 31.9. The zero-order valence-electron chi connectivity index (χ0n) is 25.6. The Bertz CT molecular complexity index is 2040. The normalized spacial score (nSPS) is 14.0. The first kappa shape index (κ1) is 30.4. The second kappa shape index (κ2) is 11.7. The lowest BCUT2D eigenvalue weighted by molar-refractivity contribution is 0.415. The highest BCUT2D eigenvalue weighted by Gasteiger charge is 2.29. The summed E-state index contributed by atoms with van der Waals surface area (Å²) in [6, 6.07) is 20.5. The number of allylic oxidation sites excluding steroid dienone is 1. The van der Waals surface area contributed by atoms with E-state index in [9.17, 15) is 8.42 Å². The van der Waals surface area contributed by atoms with Crippen molar-refractivity contribution in [3.63, 3.8) is 0 Å². The van der Waals surface area contributed by atoms with E-state index in [1.54, 1.807) is 18.0 Å². The molecule has 0 aliphatic carbocycles. The zero-order valence-corrected chi connectivity index (χ0v) is 27.1. The van der Waals surface area contributed by atoms with Gasteiger partial charge in [0, 0.05) is 28.3 Å². The standard InChI is InChI=1S/C33H33ClN6O4S/c1-21-17-33(2,3)36-29-16-31(44-25-9-7-6-8-10-25)30(15-27(21)29)40(45(5,41)42)20-24-19-39(38-37-24)18-23-13-22-14-26(43-4)11-12-28(22)35-32(23)34/h6-17,19,36H,18,20H2,1-5H3. The van der Waals surface area contributed by atoms with Crippen LogP contribution in [0.1, 0.15) is 37.6 Å². The smallest absolute Gasteiger partial charge is 0.232 e. The predicted molar refractivity (Wildman–Crippen MR) is 178 cm³/mol. The maximum atomic E-state index is 13.4. The van der Waals surface area contributed by atoms with E-state index in [-0.39, 0.29) is 18.6 Å². The van der Waals surface area contributed by atoms with Gasteiger partial charge in [0.1, 0.15) is 22.3 Å². The number of benzene rings is 3. The highest BCUT2D eigenvalue weighted by Crippen LogP contribution is 2.44. The van der Waals surface area contributed by atoms with Crippen molar-refractivity contribution in [3.8, 4) is 17.2 Å². The molecule has 45 heavy (non-hydrogen) atoms. The van der Waals surface area contributed by atoms with Gasteiger partial charge in [0.2, 0.25) is 10.0 Å². The number of para-hydroxylation sites is 1. The van der Waals surface area contributed by atoms with E-state index in [1.165, 1.54) is 10.6 Å². The third-order valence-corrected chi connectivity index (χ3v) is 8.92. The molecule has 0 atom stereocenters. The summed E-state index contributed by atoms with van der Waals surface area (Å²) in [5.74, 6) is 1.68. The molecule has 0 spiro atoms. The number of rotatable bonds is 9. The maximum absolute atomic E-state index is 13.4. The second-order valence-corrected chi connectivity index (χ2v) is 13.9. The number of nitrogens with one attached hydrogen (secondary N) is 1. The molecule has 232 valence electrons. The van der Waals surface area contributed by atoms with Gasteiger partial charge in [-0.3, -0.25) is 4.31 Å². The fourth-order valence-electron chi connectivity index (χ4n) is 5.50. The van der Waals surface area contributed by atoms with Gasteiger partial charge in [0.25, 0.3) is 0 Å². The molecule has 2 aromatic heterocycles. The SMILES string of the molecule is COc1ccc2nc(Cl)c(Cn3cc(CN(c4cc5c(cc4Oc4ccccc4)NC(C)(C)C=C5C)S(C)(=O)=O)nn3)cc2c1. The van der Waals surface area contributed by atoms with Gasteiger partial charge in [-0.2, -0.15) is 0 Å². The largest absolute Gasteiger partial charge is 0.497 e. The molecule has 6 rings (SSSR count). The third kappa shape index (κ3) is 6.59. The Morgan fingerprint density at radius 3 is 2.56 bits per heavy atom. The van der Waals surface area contributed by atoms with Crippen LogP contribution in [0.4, 0.5) is 11.4 Å². The fourth-order valence-corrected chi connectivity index (χ4v) is 6.57. The Labute approximate surface area is 267 Å². The van der Waals surface area contributed by atoms with E-state index < -0.39 is 10.0 Å². The summed E-state index contributed by atoms with van der Waals surface area (Å²) in [4.78, 5) is 4.51. The predicted octanol–water partition coefficient (Wildman–Crippen LogP) is 6.90. The van der Waals surface area contributed by atoms with E-state index in [4.69, 9.17) is 21.1 Å².